The summed E-state index contributed by atoms with van der Waals surface area (Å²) in [6.45, 7) is 6.25. The molecule has 0 fully saturated rings. The van der Waals surface area contributed by atoms with E-state index >= 15 is 0 Å². The summed E-state index contributed by atoms with van der Waals surface area (Å²) in [5.74, 6) is 0.279. The van der Waals surface area contributed by atoms with Crippen molar-refractivity contribution in [3.05, 3.63) is 53.5 Å². The molecule has 148 valence electrons. The average Bonchev–Trinajstić information content (AvgIpc) is 3.04. The number of fused-ring (bicyclic) bond motifs is 1. The Morgan fingerprint density at radius 3 is 2.89 bits per heavy atom. The molecule has 0 amide bonds. The lowest BCUT2D eigenvalue weighted by Gasteiger charge is -2.40. The molecule has 2 aromatic rings. The number of carbonyl (C=O) groups is 1. The average molecular weight is 380 g/mol. The molecule has 2 heterocycles. The first-order valence-corrected chi connectivity index (χ1v) is 9.93. The number of para-hydroxylation sites is 2. The molecule has 6 nitrogen and oxygen atoms in total. The van der Waals surface area contributed by atoms with Crippen LogP contribution in [0.1, 0.15) is 51.9 Å². The van der Waals surface area contributed by atoms with Crippen LogP contribution in [0.25, 0.3) is 11.0 Å². The molecular formula is C22H28N4O2. The third kappa shape index (κ3) is 3.56. The maximum absolute atomic E-state index is 13.3. The van der Waals surface area contributed by atoms with Gasteiger partial charge in [-0.15, -0.1) is 0 Å². The Hall–Kier alpha value is -2.60. The van der Waals surface area contributed by atoms with Crippen LogP contribution in [0.3, 0.4) is 0 Å². The van der Waals surface area contributed by atoms with E-state index < -0.39 is 11.6 Å². The molecule has 1 aliphatic heterocycles. The van der Waals surface area contributed by atoms with Gasteiger partial charge in [-0.3, -0.25) is 0 Å². The largest absolute Gasteiger partial charge is 0.458 e. The van der Waals surface area contributed by atoms with Crippen molar-refractivity contribution in [3.63, 3.8) is 0 Å². The van der Waals surface area contributed by atoms with E-state index in [1.165, 1.54) is 5.57 Å². The van der Waals surface area contributed by atoms with Gasteiger partial charge in [0, 0.05) is 18.3 Å². The summed E-state index contributed by atoms with van der Waals surface area (Å²) in [5, 5.41) is 0. The molecule has 1 aromatic heterocycles. The van der Waals surface area contributed by atoms with E-state index in [9.17, 15) is 4.79 Å². The predicted octanol–water partition coefficient (Wildman–Crippen LogP) is 3.58. The summed E-state index contributed by atoms with van der Waals surface area (Å²) in [5.41, 5.74) is 9.90. The topological polar surface area (TPSA) is 84.2 Å². The minimum Gasteiger partial charge on any atom is -0.458 e. The van der Waals surface area contributed by atoms with Gasteiger partial charge < -0.3 is 20.4 Å². The number of imidazole rings is 1. The number of aromatic nitrogens is 2. The smallest absolute Gasteiger partial charge is 0.337 e. The summed E-state index contributed by atoms with van der Waals surface area (Å²) in [7, 11) is 0. The van der Waals surface area contributed by atoms with Crippen LogP contribution < -0.4 is 5.73 Å². The molecule has 6 heteroatoms. The third-order valence-corrected chi connectivity index (χ3v) is 5.18. The van der Waals surface area contributed by atoms with E-state index in [4.69, 9.17) is 15.5 Å². The molecule has 1 aromatic carbocycles. The van der Waals surface area contributed by atoms with Crippen molar-refractivity contribution in [2.45, 2.75) is 57.7 Å². The van der Waals surface area contributed by atoms with Gasteiger partial charge in [-0.1, -0.05) is 24.3 Å². The summed E-state index contributed by atoms with van der Waals surface area (Å²) in [6.07, 6.45) is 7.22. The van der Waals surface area contributed by atoms with Gasteiger partial charge in [0.15, 0.2) is 6.04 Å². The van der Waals surface area contributed by atoms with Crippen LogP contribution >= 0.6 is 0 Å². The van der Waals surface area contributed by atoms with E-state index in [1.807, 2.05) is 45.0 Å². The molecule has 1 aliphatic carbocycles. The molecule has 0 saturated heterocycles. The zero-order valence-electron chi connectivity index (χ0n) is 16.7. The van der Waals surface area contributed by atoms with Crippen LogP contribution in [0.2, 0.25) is 0 Å². The fourth-order valence-electron chi connectivity index (χ4n) is 4.08. The number of benzene rings is 1. The van der Waals surface area contributed by atoms with Crippen molar-refractivity contribution in [2.24, 2.45) is 5.73 Å². The predicted molar refractivity (Wildman–Crippen MR) is 109 cm³/mol. The van der Waals surface area contributed by atoms with Gasteiger partial charge in [0.1, 0.15) is 11.4 Å². The Kier molecular flexibility index (Phi) is 4.75. The molecule has 4 rings (SSSR count). The highest BCUT2D eigenvalue weighted by atomic mass is 16.6. The van der Waals surface area contributed by atoms with E-state index in [0.717, 1.165) is 36.0 Å². The van der Waals surface area contributed by atoms with Crippen LogP contribution in [0.15, 0.2) is 47.7 Å². The van der Waals surface area contributed by atoms with Gasteiger partial charge in [0.2, 0.25) is 0 Å². The van der Waals surface area contributed by atoms with Gasteiger partial charge >= 0.3 is 5.97 Å². The Bertz CT molecular complexity index is 918. The number of esters is 1. The number of carbonyl (C=O) groups excluding carboxylic acids is 1. The van der Waals surface area contributed by atoms with Crippen molar-refractivity contribution in [3.8, 4) is 0 Å². The minimum atomic E-state index is -0.661. The number of ether oxygens (including phenoxy) is 1. The number of nitrogens with one attached hydrogen (secondary N) is 1. The number of aromatic amines is 1. The van der Waals surface area contributed by atoms with Gasteiger partial charge in [-0.25, -0.2) is 9.78 Å². The number of nitrogens with zero attached hydrogens (tertiary/aromatic N) is 2. The maximum Gasteiger partial charge on any atom is 0.337 e. The van der Waals surface area contributed by atoms with Crippen molar-refractivity contribution in [1.82, 2.24) is 14.9 Å². The first kappa shape index (κ1) is 18.7. The fraction of sp³-hybridized carbons (Fsp3) is 0.455. The molecule has 2 unspecified atom stereocenters. The highest BCUT2D eigenvalue weighted by Gasteiger charge is 2.38. The Morgan fingerprint density at radius 2 is 2.14 bits per heavy atom. The number of nitrogens with two attached hydrogens (primary N) is 1. The lowest BCUT2D eigenvalue weighted by Crippen LogP contribution is -2.45. The zero-order chi connectivity index (χ0) is 19.9. The first-order chi connectivity index (χ1) is 13.3. The quantitative estimate of drug-likeness (QED) is 0.795. The van der Waals surface area contributed by atoms with Crippen LogP contribution in [0.5, 0.6) is 0 Å². The normalized spacial score (nSPS) is 21.0. The molecule has 2 atom stereocenters. The van der Waals surface area contributed by atoms with Crippen molar-refractivity contribution >= 4 is 17.0 Å². The number of hydrogen-bond acceptors (Lipinski definition) is 5. The highest BCUT2D eigenvalue weighted by Crippen LogP contribution is 2.36. The van der Waals surface area contributed by atoms with Crippen LogP contribution in [-0.2, 0) is 9.53 Å². The number of allylic oxidation sites excluding steroid dienone is 2. The molecule has 0 saturated carbocycles. The standard InChI is InChI=1S/C22H28N4O2/c1-22(2,3)28-21(27)19(20-24-16-11-4-5-12-17(16)25-20)26-13-7-9-14-8-6-10-15(23)18(14)26/h4-5,7,9,11-12,15,19H,6,8,10,13,23H2,1-3H3,(H,24,25). The van der Waals surface area contributed by atoms with Crippen LogP contribution in [0.4, 0.5) is 0 Å². The van der Waals surface area contributed by atoms with E-state index in [1.54, 1.807) is 0 Å². The molecular weight excluding hydrogens is 352 g/mol. The minimum absolute atomic E-state index is 0.0805. The highest BCUT2D eigenvalue weighted by molar-refractivity contribution is 5.81. The molecule has 28 heavy (non-hydrogen) atoms. The fourth-order valence-corrected chi connectivity index (χ4v) is 4.08. The van der Waals surface area contributed by atoms with Crippen molar-refractivity contribution in [2.75, 3.05) is 6.54 Å². The monoisotopic (exact) mass is 380 g/mol. The van der Waals surface area contributed by atoms with Crippen molar-refractivity contribution < 1.29 is 9.53 Å². The molecule has 0 bridgehead atoms. The molecule has 2 aliphatic rings. The Balaban J connectivity index is 1.80. The SMILES string of the molecule is CC(C)(C)OC(=O)C(c1nc2ccccc2[nH]1)N1CC=CC2=C1C(N)CCC2. The lowest BCUT2D eigenvalue weighted by molar-refractivity contribution is -0.161. The van der Waals surface area contributed by atoms with Crippen LogP contribution in [0, 0.1) is 0 Å². The molecule has 3 N–H and O–H groups in total. The number of rotatable bonds is 3. The van der Waals surface area contributed by atoms with E-state index in [-0.39, 0.29) is 12.0 Å². The Morgan fingerprint density at radius 1 is 1.36 bits per heavy atom. The lowest BCUT2D eigenvalue weighted by atomic mass is 9.89. The van der Waals surface area contributed by atoms with Crippen molar-refractivity contribution in [1.29, 1.82) is 0 Å². The summed E-state index contributed by atoms with van der Waals surface area (Å²) in [6, 6.07) is 7.05. The third-order valence-electron chi connectivity index (χ3n) is 5.18. The second-order valence-electron chi connectivity index (χ2n) is 8.54. The summed E-state index contributed by atoms with van der Waals surface area (Å²) >= 11 is 0. The van der Waals surface area contributed by atoms with Gasteiger partial charge in [-0.2, -0.15) is 0 Å². The van der Waals surface area contributed by atoms with Gasteiger partial charge in [0.05, 0.1) is 11.0 Å². The van der Waals surface area contributed by atoms with E-state index in [2.05, 4.69) is 22.0 Å². The number of hydrogen-bond donors (Lipinski definition) is 2. The number of H-pyrrole nitrogens is 1. The first-order valence-electron chi connectivity index (χ1n) is 9.93. The van der Waals surface area contributed by atoms with Gasteiger partial charge in [0.25, 0.3) is 0 Å². The summed E-state index contributed by atoms with van der Waals surface area (Å²) in [4.78, 5) is 23.4. The summed E-state index contributed by atoms with van der Waals surface area (Å²) < 4.78 is 5.79. The second-order valence-corrected chi connectivity index (χ2v) is 8.54. The molecule has 0 radical (unpaired) electrons. The van der Waals surface area contributed by atoms with E-state index in [0.29, 0.717) is 12.4 Å². The second kappa shape index (κ2) is 7.09. The molecule has 0 spiro atoms. The van der Waals surface area contributed by atoms with Gasteiger partial charge in [-0.05, 0) is 57.7 Å². The maximum atomic E-state index is 13.3. The zero-order valence-corrected chi connectivity index (χ0v) is 16.7. The van der Waals surface area contributed by atoms with Crippen LogP contribution in [-0.4, -0.2) is 39.0 Å². The Labute approximate surface area is 165 Å².